The number of nitrogens with two attached hydrogens (primary N) is 1. The average molecular weight is 499 g/mol. The van der Waals surface area contributed by atoms with E-state index in [1.807, 2.05) is 24.3 Å². The second-order valence-electron chi connectivity index (χ2n) is 9.98. The summed E-state index contributed by atoms with van der Waals surface area (Å²) in [7, 11) is 0. The number of phenolic OH excluding ortho intramolecular Hbond substituents is 1. The van der Waals surface area contributed by atoms with Gasteiger partial charge in [-0.2, -0.15) is 0 Å². The van der Waals surface area contributed by atoms with E-state index in [0.717, 1.165) is 44.1 Å². The van der Waals surface area contributed by atoms with Crippen LogP contribution in [0.15, 0.2) is 42.6 Å². The van der Waals surface area contributed by atoms with Crippen molar-refractivity contribution in [2.75, 3.05) is 41.7 Å². The molecular weight excluding hydrogens is 464 g/mol. The van der Waals surface area contributed by atoms with Crippen molar-refractivity contribution in [3.63, 3.8) is 0 Å². The summed E-state index contributed by atoms with van der Waals surface area (Å²) in [6.45, 7) is 9.77. The molecule has 0 radical (unpaired) electrons. The van der Waals surface area contributed by atoms with Crippen LogP contribution in [0.5, 0.6) is 5.75 Å². The molecule has 3 N–H and O–H groups in total. The minimum Gasteiger partial charge on any atom is -0.507 e. The predicted molar refractivity (Wildman–Crippen MR) is 146 cm³/mol. The number of nitrogen functional groups attached to an aromatic ring is 1. The van der Waals surface area contributed by atoms with E-state index in [9.17, 15) is 5.11 Å². The highest BCUT2D eigenvalue weighted by molar-refractivity contribution is 5.74. The van der Waals surface area contributed by atoms with Gasteiger partial charge in [0.25, 0.3) is 0 Å². The summed E-state index contributed by atoms with van der Waals surface area (Å²) in [5.41, 5.74) is 8.31. The van der Waals surface area contributed by atoms with Crippen LogP contribution >= 0.6 is 0 Å². The minimum atomic E-state index is 0.166. The Morgan fingerprint density at radius 2 is 1.84 bits per heavy atom. The first-order valence-corrected chi connectivity index (χ1v) is 12.9. The van der Waals surface area contributed by atoms with Crippen LogP contribution in [-0.4, -0.2) is 74.5 Å². The Morgan fingerprint density at radius 1 is 1.03 bits per heavy atom. The van der Waals surface area contributed by atoms with Crippen LogP contribution in [0.3, 0.4) is 0 Å². The average Bonchev–Trinajstić information content (AvgIpc) is 3.09. The molecule has 0 spiro atoms. The SMILES string of the molecule is C[C@@H]1C[C@H](C)N1CC#Cc1nccc(N2CCN(c3cc(-c4ccccc4O)nnc3N)CC[C@@H]2C)n1. The normalized spacial score (nSPS) is 22.1. The molecule has 2 aliphatic heterocycles. The van der Waals surface area contributed by atoms with E-state index >= 15 is 0 Å². The molecular formula is C28H34N8O. The fourth-order valence-corrected chi connectivity index (χ4v) is 5.26. The standard InChI is InChI=1S/C28H34N8O/c1-19-11-14-34(24-18-23(32-33-28(24)29)22-7-4-5-8-25(22)37)15-16-36(19)27-10-12-30-26(31-27)9-6-13-35-20(2)17-21(35)3/h4-5,7-8,10,12,18-21,37H,11,13-17H2,1-3H3,(H2,29,33)/t19-,20-,21+/m0/s1. The van der Waals surface area contributed by atoms with Gasteiger partial charge in [0.1, 0.15) is 11.6 Å². The Morgan fingerprint density at radius 3 is 2.62 bits per heavy atom. The van der Waals surface area contributed by atoms with Gasteiger partial charge in [0.2, 0.25) is 5.82 Å². The van der Waals surface area contributed by atoms with Crippen LogP contribution in [0.1, 0.15) is 39.4 Å². The van der Waals surface area contributed by atoms with Crippen molar-refractivity contribution in [2.24, 2.45) is 0 Å². The van der Waals surface area contributed by atoms with Crippen LogP contribution in [-0.2, 0) is 0 Å². The lowest BCUT2D eigenvalue weighted by molar-refractivity contribution is 0.0540. The molecule has 0 aliphatic carbocycles. The fraction of sp³-hybridized carbons (Fsp3) is 0.429. The molecule has 0 saturated carbocycles. The minimum absolute atomic E-state index is 0.166. The second-order valence-corrected chi connectivity index (χ2v) is 9.98. The maximum atomic E-state index is 10.3. The third kappa shape index (κ3) is 5.30. The summed E-state index contributed by atoms with van der Waals surface area (Å²) in [5, 5.41) is 18.7. The number of benzene rings is 1. The van der Waals surface area contributed by atoms with Crippen molar-refractivity contribution < 1.29 is 5.11 Å². The molecule has 3 aromatic rings. The zero-order valence-electron chi connectivity index (χ0n) is 21.7. The molecule has 4 heterocycles. The Hall–Kier alpha value is -3.90. The fourth-order valence-electron chi connectivity index (χ4n) is 5.26. The molecule has 0 bridgehead atoms. The van der Waals surface area contributed by atoms with Gasteiger partial charge in [0.05, 0.1) is 17.9 Å². The van der Waals surface area contributed by atoms with Gasteiger partial charge < -0.3 is 20.6 Å². The van der Waals surface area contributed by atoms with Gasteiger partial charge in [-0.05, 0) is 63.8 Å². The van der Waals surface area contributed by atoms with Crippen LogP contribution in [0.25, 0.3) is 11.3 Å². The van der Waals surface area contributed by atoms with Gasteiger partial charge in [-0.25, -0.2) is 9.97 Å². The highest BCUT2D eigenvalue weighted by atomic mass is 16.3. The largest absolute Gasteiger partial charge is 0.507 e. The number of para-hydroxylation sites is 1. The lowest BCUT2D eigenvalue weighted by Gasteiger charge is -2.44. The lowest BCUT2D eigenvalue weighted by Crippen LogP contribution is -2.52. The zero-order valence-corrected chi connectivity index (χ0v) is 21.7. The van der Waals surface area contributed by atoms with Crippen molar-refractivity contribution in [2.45, 2.75) is 51.7 Å². The topological polar surface area (TPSA) is 108 Å². The molecule has 2 aliphatic rings. The zero-order chi connectivity index (χ0) is 25.9. The number of likely N-dealkylation sites (tertiary alicyclic amines) is 1. The van der Waals surface area contributed by atoms with E-state index in [2.05, 4.69) is 62.5 Å². The van der Waals surface area contributed by atoms with Crippen molar-refractivity contribution in [3.8, 4) is 28.8 Å². The number of nitrogens with zero attached hydrogens (tertiary/aromatic N) is 7. The number of anilines is 3. The molecule has 9 heteroatoms. The van der Waals surface area contributed by atoms with E-state index in [1.54, 1.807) is 18.3 Å². The summed E-state index contributed by atoms with van der Waals surface area (Å²) in [5.74, 6) is 8.40. The molecule has 0 unspecified atom stereocenters. The summed E-state index contributed by atoms with van der Waals surface area (Å²) >= 11 is 0. The number of phenols is 1. The highest BCUT2D eigenvalue weighted by Gasteiger charge is 2.30. The predicted octanol–water partition coefficient (Wildman–Crippen LogP) is 3.16. The Balaban J connectivity index is 1.31. The Kier molecular flexibility index (Phi) is 7.10. The molecule has 9 nitrogen and oxygen atoms in total. The molecule has 5 rings (SSSR count). The first-order chi connectivity index (χ1) is 17.9. The van der Waals surface area contributed by atoms with Gasteiger partial charge >= 0.3 is 0 Å². The van der Waals surface area contributed by atoms with Crippen molar-refractivity contribution in [3.05, 3.63) is 48.4 Å². The van der Waals surface area contributed by atoms with Crippen molar-refractivity contribution >= 4 is 17.3 Å². The molecule has 2 fully saturated rings. The maximum absolute atomic E-state index is 10.3. The molecule has 2 aromatic heterocycles. The number of hydrogen-bond donors (Lipinski definition) is 2. The van der Waals surface area contributed by atoms with Gasteiger partial charge in [-0.15, -0.1) is 10.2 Å². The molecule has 1 aromatic carbocycles. The third-order valence-electron chi connectivity index (χ3n) is 7.49. The number of aromatic nitrogens is 4. The molecule has 0 amide bonds. The van der Waals surface area contributed by atoms with Gasteiger partial charge in [0.15, 0.2) is 5.82 Å². The summed E-state index contributed by atoms with van der Waals surface area (Å²) in [6.07, 6.45) is 3.94. The van der Waals surface area contributed by atoms with Crippen molar-refractivity contribution in [1.82, 2.24) is 25.1 Å². The lowest BCUT2D eigenvalue weighted by atomic mass is 9.96. The highest BCUT2D eigenvalue weighted by Crippen LogP contribution is 2.32. The number of hydrogen-bond acceptors (Lipinski definition) is 9. The molecule has 192 valence electrons. The number of aromatic hydroxyl groups is 1. The third-order valence-corrected chi connectivity index (χ3v) is 7.49. The smallest absolute Gasteiger partial charge is 0.206 e. The van der Waals surface area contributed by atoms with Crippen LogP contribution in [0.2, 0.25) is 0 Å². The Labute approximate surface area is 218 Å². The first kappa shape index (κ1) is 24.8. The van der Waals surface area contributed by atoms with E-state index in [-0.39, 0.29) is 11.8 Å². The maximum Gasteiger partial charge on any atom is 0.206 e. The Bertz CT molecular complexity index is 1310. The van der Waals surface area contributed by atoms with Crippen molar-refractivity contribution in [1.29, 1.82) is 0 Å². The van der Waals surface area contributed by atoms with E-state index in [1.165, 1.54) is 6.42 Å². The van der Waals surface area contributed by atoms with Gasteiger partial charge in [0, 0.05) is 49.5 Å². The van der Waals surface area contributed by atoms with Crippen LogP contribution < -0.4 is 15.5 Å². The van der Waals surface area contributed by atoms with Gasteiger partial charge in [-0.3, -0.25) is 4.90 Å². The van der Waals surface area contributed by atoms with Crippen LogP contribution in [0, 0.1) is 11.8 Å². The quantitative estimate of drug-likeness (QED) is 0.525. The second kappa shape index (κ2) is 10.6. The van der Waals surface area contributed by atoms with Crippen LogP contribution in [0.4, 0.5) is 17.3 Å². The molecule has 3 atom stereocenters. The van der Waals surface area contributed by atoms with E-state index in [4.69, 9.17) is 10.7 Å². The molecule has 37 heavy (non-hydrogen) atoms. The monoisotopic (exact) mass is 498 g/mol. The first-order valence-electron chi connectivity index (χ1n) is 12.9. The molecule has 2 saturated heterocycles. The van der Waals surface area contributed by atoms with E-state index < -0.39 is 0 Å². The van der Waals surface area contributed by atoms with Gasteiger partial charge in [-0.1, -0.05) is 18.1 Å². The number of rotatable bonds is 4. The summed E-state index contributed by atoms with van der Waals surface area (Å²) in [4.78, 5) is 16.1. The van der Waals surface area contributed by atoms with E-state index in [0.29, 0.717) is 35.0 Å². The summed E-state index contributed by atoms with van der Waals surface area (Å²) in [6, 6.07) is 12.4. The summed E-state index contributed by atoms with van der Waals surface area (Å²) < 4.78 is 0.